The molecule has 6 nitrogen and oxygen atoms in total. The zero-order chi connectivity index (χ0) is 19.7. The predicted molar refractivity (Wildman–Crippen MR) is 110 cm³/mol. The molecule has 150 valence electrons. The normalized spacial score (nSPS) is 17.8. The topological polar surface area (TPSA) is 59.7 Å². The molecule has 1 fully saturated rings. The van der Waals surface area contributed by atoms with Gasteiger partial charge in [0.25, 0.3) is 0 Å². The van der Waals surface area contributed by atoms with E-state index in [-0.39, 0.29) is 17.8 Å². The fourth-order valence-corrected chi connectivity index (χ4v) is 4.92. The van der Waals surface area contributed by atoms with Crippen LogP contribution in [-0.4, -0.2) is 34.7 Å². The third-order valence-corrected chi connectivity index (χ3v) is 6.63. The quantitative estimate of drug-likeness (QED) is 0.347. The largest absolute Gasteiger partial charge is 0.391 e. The number of rotatable bonds is 5. The Balaban J connectivity index is 1.49. The molecule has 0 amide bonds. The lowest BCUT2D eigenvalue weighted by atomic mass is 10.1. The summed E-state index contributed by atoms with van der Waals surface area (Å²) in [4.78, 5) is 7.65. The van der Waals surface area contributed by atoms with E-state index in [2.05, 4.69) is 14.7 Å². The second-order valence-electron chi connectivity index (χ2n) is 7.10. The van der Waals surface area contributed by atoms with Gasteiger partial charge in [-0.3, -0.25) is 0 Å². The number of hydrogen-bond acceptors (Lipinski definition) is 4. The van der Waals surface area contributed by atoms with E-state index in [0.29, 0.717) is 22.7 Å². The summed E-state index contributed by atoms with van der Waals surface area (Å²) in [7, 11) is 1.99. The number of nitrogens with zero attached hydrogens (tertiary/aromatic N) is 4. The molecule has 2 aliphatic heterocycles. The molecule has 0 aliphatic carbocycles. The number of thioether (sulfide) groups is 1. The second-order valence-corrected chi connectivity index (χ2v) is 8.74. The maximum Gasteiger partial charge on any atom is 0.197 e. The molecule has 28 heavy (non-hydrogen) atoms. The van der Waals surface area contributed by atoms with Gasteiger partial charge in [-0.25, -0.2) is 4.39 Å². The number of hydrogen-bond donors (Lipinski definition) is 1. The van der Waals surface area contributed by atoms with Gasteiger partial charge < -0.3 is 15.5 Å². The van der Waals surface area contributed by atoms with Crippen molar-refractivity contribution < 1.29 is 13.9 Å². The third-order valence-electron chi connectivity index (χ3n) is 5.24. The average molecular weight is 425 g/mol. The van der Waals surface area contributed by atoms with Crippen molar-refractivity contribution in [1.82, 2.24) is 4.68 Å². The lowest BCUT2D eigenvalue weighted by Gasteiger charge is -2.19. The molecule has 0 saturated carbocycles. The van der Waals surface area contributed by atoms with E-state index in [1.54, 1.807) is 6.07 Å². The zero-order valence-electron chi connectivity index (χ0n) is 15.8. The van der Waals surface area contributed by atoms with Gasteiger partial charge in [0.1, 0.15) is 11.9 Å². The van der Waals surface area contributed by atoms with Crippen LogP contribution in [0.4, 0.5) is 10.2 Å². The number of nitrogens with two attached hydrogens (primary N) is 1. The highest BCUT2D eigenvalue weighted by Crippen LogP contribution is 2.28. The summed E-state index contributed by atoms with van der Waals surface area (Å²) in [5, 5.41) is 4.35. The number of fused-ring (bicyclic) bond motifs is 1. The molecule has 1 aromatic heterocycles. The van der Waals surface area contributed by atoms with Crippen molar-refractivity contribution in [3.8, 4) is 0 Å². The van der Waals surface area contributed by atoms with Crippen molar-refractivity contribution >= 4 is 35.0 Å². The number of amidine groups is 1. The van der Waals surface area contributed by atoms with E-state index >= 15 is 0 Å². The van der Waals surface area contributed by atoms with Gasteiger partial charge in [0.2, 0.25) is 0 Å². The fourth-order valence-electron chi connectivity index (χ4n) is 3.59. The summed E-state index contributed by atoms with van der Waals surface area (Å²) < 4.78 is 19.0. The van der Waals surface area contributed by atoms with Gasteiger partial charge in [0, 0.05) is 29.2 Å². The van der Waals surface area contributed by atoms with Crippen molar-refractivity contribution in [2.45, 2.75) is 32.0 Å². The Morgan fingerprint density at radius 3 is 2.93 bits per heavy atom. The maximum absolute atomic E-state index is 14.8. The van der Waals surface area contributed by atoms with Gasteiger partial charge in [0.15, 0.2) is 24.9 Å². The van der Waals surface area contributed by atoms with Crippen LogP contribution < -0.4 is 15.3 Å². The van der Waals surface area contributed by atoms with Crippen LogP contribution in [0, 0.1) is 5.82 Å². The first-order valence-corrected chi connectivity index (χ1v) is 10.9. The minimum atomic E-state index is -0.385. The first-order chi connectivity index (χ1) is 13.5. The Morgan fingerprint density at radius 1 is 1.39 bits per heavy atom. The van der Waals surface area contributed by atoms with E-state index in [4.69, 9.17) is 22.2 Å². The maximum atomic E-state index is 14.8. The molecule has 1 aromatic carbocycles. The number of anilines is 1. The number of aromatic nitrogens is 2. The van der Waals surface area contributed by atoms with Crippen LogP contribution in [0.2, 0.25) is 5.02 Å². The molecule has 4 rings (SSSR count). The average Bonchev–Trinajstić information content (AvgIpc) is 3.26. The van der Waals surface area contributed by atoms with Gasteiger partial charge in [-0.05, 0) is 36.5 Å². The molecule has 0 radical (unpaired) electrons. The smallest absolute Gasteiger partial charge is 0.197 e. The van der Waals surface area contributed by atoms with E-state index in [1.165, 1.54) is 6.07 Å². The van der Waals surface area contributed by atoms with Crippen LogP contribution in [0.3, 0.4) is 0 Å². The first-order valence-electron chi connectivity index (χ1n) is 9.38. The van der Waals surface area contributed by atoms with Crippen molar-refractivity contribution in [3.05, 3.63) is 46.4 Å². The van der Waals surface area contributed by atoms with Crippen molar-refractivity contribution in [2.24, 2.45) is 17.9 Å². The van der Waals surface area contributed by atoms with Gasteiger partial charge in [-0.15, -0.1) is 9.36 Å². The zero-order valence-corrected chi connectivity index (χ0v) is 17.3. The molecule has 0 bridgehead atoms. The summed E-state index contributed by atoms with van der Waals surface area (Å²) in [6, 6.07) is 5.07. The van der Waals surface area contributed by atoms with Crippen LogP contribution in [-0.2, 0) is 25.0 Å². The molecule has 2 N–H and O–H groups in total. The Bertz CT molecular complexity index is 873. The first kappa shape index (κ1) is 19.4. The van der Waals surface area contributed by atoms with Crippen molar-refractivity contribution in [1.29, 1.82) is 0 Å². The molecule has 0 spiro atoms. The lowest BCUT2D eigenvalue weighted by Crippen LogP contribution is -2.37. The minimum absolute atomic E-state index is 0.0760. The number of halogens is 2. The van der Waals surface area contributed by atoms with Gasteiger partial charge >= 0.3 is 0 Å². The summed E-state index contributed by atoms with van der Waals surface area (Å²) in [5.74, 6) is 2.94. The third kappa shape index (κ3) is 3.93. The molecular weight excluding hydrogens is 401 g/mol. The Kier molecular flexibility index (Phi) is 5.68. The van der Waals surface area contributed by atoms with E-state index in [9.17, 15) is 4.39 Å². The van der Waals surface area contributed by atoms with Crippen LogP contribution in [0.1, 0.15) is 24.0 Å². The highest BCUT2D eigenvalue weighted by atomic mass is 35.5. The fraction of sp³-hybridized carbons (Fsp3) is 0.474. The summed E-state index contributed by atoms with van der Waals surface area (Å²) in [6.07, 6.45) is 3.97. The van der Waals surface area contributed by atoms with Crippen molar-refractivity contribution in [2.75, 3.05) is 23.0 Å². The molecule has 1 saturated heterocycles. The lowest BCUT2D eigenvalue weighted by molar-refractivity contribution is -0.751. The Hall–Kier alpha value is -1.93. The SMILES string of the molecule is C[n+]1ccc2n1CCN2Cc1c(F)cc(C(N)=NOC2CCSCC2)cc1Cl. The highest BCUT2D eigenvalue weighted by Gasteiger charge is 2.26. The summed E-state index contributed by atoms with van der Waals surface area (Å²) in [6.45, 7) is 2.09. The second kappa shape index (κ2) is 8.21. The van der Waals surface area contributed by atoms with Crippen LogP contribution in [0.15, 0.2) is 29.6 Å². The molecule has 2 aliphatic rings. The number of oxime groups is 1. The monoisotopic (exact) mass is 424 g/mol. The molecule has 3 heterocycles. The Labute approximate surface area is 173 Å². The minimum Gasteiger partial charge on any atom is -0.391 e. The van der Waals surface area contributed by atoms with E-state index in [0.717, 1.165) is 43.3 Å². The molecule has 0 atom stereocenters. The molecule has 2 aromatic rings. The van der Waals surface area contributed by atoms with Crippen LogP contribution in [0.25, 0.3) is 0 Å². The van der Waals surface area contributed by atoms with Gasteiger partial charge in [-0.2, -0.15) is 11.8 Å². The standard InChI is InChI=1S/C19H24ClFN5OS/c1-24-5-2-18-25(6-7-26(18)24)12-15-16(20)10-13(11-17(15)21)19(22)23-27-14-3-8-28-9-4-14/h2,5,10-11,14H,3-4,6-9,12H2,1H3,(H2,22,23)/q+1. The molecule has 9 heteroatoms. The Morgan fingerprint density at radius 2 is 2.18 bits per heavy atom. The highest BCUT2D eigenvalue weighted by molar-refractivity contribution is 7.99. The van der Waals surface area contributed by atoms with E-state index in [1.807, 2.05) is 35.8 Å². The van der Waals surface area contributed by atoms with Gasteiger partial charge in [-0.1, -0.05) is 16.8 Å². The van der Waals surface area contributed by atoms with Crippen LogP contribution >= 0.6 is 23.4 Å². The van der Waals surface area contributed by atoms with E-state index < -0.39 is 0 Å². The number of benzene rings is 1. The van der Waals surface area contributed by atoms with Crippen LogP contribution in [0.5, 0.6) is 0 Å². The summed E-state index contributed by atoms with van der Waals surface area (Å²) in [5.41, 5.74) is 6.90. The molecule has 0 unspecified atom stereocenters. The van der Waals surface area contributed by atoms with Crippen molar-refractivity contribution in [3.63, 3.8) is 0 Å². The number of aryl methyl sites for hydroxylation is 1. The molecular formula is C19H24ClFN5OS+. The van der Waals surface area contributed by atoms with Gasteiger partial charge in [0.05, 0.1) is 12.6 Å². The summed E-state index contributed by atoms with van der Waals surface area (Å²) >= 11 is 8.32. The predicted octanol–water partition coefficient (Wildman–Crippen LogP) is 2.66.